The lowest BCUT2D eigenvalue weighted by molar-refractivity contribution is -0.664. The van der Waals surface area contributed by atoms with Crippen LogP contribution in [0.5, 0.6) is 0 Å². The van der Waals surface area contributed by atoms with E-state index in [-0.39, 0.29) is 12.4 Å². The third-order valence-corrected chi connectivity index (χ3v) is 3.20. The maximum atomic E-state index is 2.44. The first-order valence-corrected chi connectivity index (χ1v) is 5.72. The number of benzene rings is 1. The fourth-order valence-electron chi connectivity index (χ4n) is 2.26. The van der Waals surface area contributed by atoms with Gasteiger partial charge in [-0.1, -0.05) is 29.8 Å². The molecule has 1 aromatic rings. The Morgan fingerprint density at radius 1 is 1.13 bits per heavy atom. The van der Waals surface area contributed by atoms with Gasteiger partial charge in [0.2, 0.25) is 0 Å². The summed E-state index contributed by atoms with van der Waals surface area (Å²) in [5, 5.41) is 2.44. The highest BCUT2D eigenvalue weighted by Gasteiger charge is 2.15. The Morgan fingerprint density at radius 3 is 2.33 bits per heavy atom. The molecule has 0 radical (unpaired) electrons. The zero-order valence-corrected chi connectivity index (χ0v) is 10.1. The minimum atomic E-state index is 0. The molecule has 1 aliphatic heterocycles. The van der Waals surface area contributed by atoms with Gasteiger partial charge in [0.1, 0.15) is 0 Å². The maximum absolute atomic E-state index is 2.44. The monoisotopic (exact) mass is 225 g/mol. The van der Waals surface area contributed by atoms with Crippen LogP contribution < -0.4 is 17.7 Å². The molecule has 2 heteroatoms. The van der Waals surface area contributed by atoms with Crippen LogP contribution in [-0.2, 0) is 6.42 Å². The summed E-state index contributed by atoms with van der Waals surface area (Å²) in [5.74, 6) is 0.933. The normalized spacial score (nSPS) is 17.1. The molecule has 15 heavy (non-hydrogen) atoms. The van der Waals surface area contributed by atoms with Gasteiger partial charge < -0.3 is 17.7 Å². The minimum absolute atomic E-state index is 0. The maximum Gasteiger partial charge on any atom is 0.0758 e. The zero-order valence-electron chi connectivity index (χ0n) is 9.38. The molecule has 2 N–H and O–H groups in total. The van der Waals surface area contributed by atoms with Crippen molar-refractivity contribution in [2.24, 2.45) is 5.92 Å². The first-order chi connectivity index (χ1) is 6.84. The van der Waals surface area contributed by atoms with Crippen LogP contribution in [0.2, 0.25) is 0 Å². The smallest absolute Gasteiger partial charge is 0.0758 e. The van der Waals surface area contributed by atoms with Crippen LogP contribution >= 0.6 is 0 Å². The summed E-state index contributed by atoms with van der Waals surface area (Å²) >= 11 is 0. The molecule has 0 bridgehead atoms. The number of nitrogens with two attached hydrogens (primary N) is 1. The second kappa shape index (κ2) is 6.14. The van der Waals surface area contributed by atoms with Crippen LogP contribution in [0.15, 0.2) is 24.3 Å². The molecule has 1 aliphatic rings. The van der Waals surface area contributed by atoms with Crippen molar-refractivity contribution in [2.45, 2.75) is 26.2 Å². The number of rotatable bonds is 2. The molecule has 84 valence electrons. The zero-order chi connectivity index (χ0) is 9.80. The standard InChI is InChI=1S/C13H19N.ClH/c1-11-2-4-12(5-3-11)10-13-6-8-14-9-7-13;/h2-5,13-14H,6-10H2,1H3;1H. The number of aryl methyl sites for hydroxylation is 1. The van der Waals surface area contributed by atoms with E-state index in [9.17, 15) is 0 Å². The van der Waals surface area contributed by atoms with Crippen LogP contribution in [0.4, 0.5) is 0 Å². The van der Waals surface area contributed by atoms with Crippen LogP contribution in [0, 0.1) is 12.8 Å². The first-order valence-electron chi connectivity index (χ1n) is 5.72. The Labute approximate surface area is 98.7 Å². The van der Waals surface area contributed by atoms with E-state index in [0.717, 1.165) is 5.92 Å². The van der Waals surface area contributed by atoms with Gasteiger partial charge in [0.05, 0.1) is 13.1 Å². The summed E-state index contributed by atoms with van der Waals surface area (Å²) in [4.78, 5) is 0. The summed E-state index contributed by atoms with van der Waals surface area (Å²) in [6.07, 6.45) is 4.08. The Hall–Kier alpha value is -0.530. The molecule has 1 aromatic carbocycles. The van der Waals surface area contributed by atoms with E-state index in [0.29, 0.717) is 0 Å². The van der Waals surface area contributed by atoms with Gasteiger partial charge in [-0.25, -0.2) is 0 Å². The van der Waals surface area contributed by atoms with Crippen molar-refractivity contribution in [3.63, 3.8) is 0 Å². The molecule has 0 unspecified atom stereocenters. The van der Waals surface area contributed by atoms with Crippen LogP contribution in [-0.4, -0.2) is 13.1 Å². The second-order valence-electron chi connectivity index (χ2n) is 4.50. The van der Waals surface area contributed by atoms with E-state index in [1.54, 1.807) is 0 Å². The molecular formula is C13H20ClN. The molecule has 0 spiro atoms. The van der Waals surface area contributed by atoms with Gasteiger partial charge >= 0.3 is 0 Å². The minimum Gasteiger partial charge on any atom is -1.00 e. The third kappa shape index (κ3) is 3.84. The Balaban J connectivity index is 0.00000112. The lowest BCUT2D eigenvalue weighted by atomic mass is 9.91. The molecule has 1 saturated heterocycles. The van der Waals surface area contributed by atoms with Gasteiger partial charge in [-0.2, -0.15) is 0 Å². The van der Waals surface area contributed by atoms with E-state index < -0.39 is 0 Å². The lowest BCUT2D eigenvalue weighted by Crippen LogP contribution is -3.00. The molecule has 0 atom stereocenters. The Morgan fingerprint density at radius 2 is 1.73 bits per heavy atom. The van der Waals surface area contributed by atoms with Crippen molar-refractivity contribution in [1.82, 2.24) is 0 Å². The summed E-state index contributed by atoms with van der Waals surface area (Å²) < 4.78 is 0. The molecule has 0 aromatic heterocycles. The molecule has 1 nitrogen and oxygen atoms in total. The van der Waals surface area contributed by atoms with Crippen molar-refractivity contribution in [3.05, 3.63) is 35.4 Å². The summed E-state index contributed by atoms with van der Waals surface area (Å²) in [5.41, 5.74) is 2.88. The molecule has 0 saturated carbocycles. The highest BCUT2D eigenvalue weighted by Crippen LogP contribution is 2.16. The average Bonchev–Trinajstić information content (AvgIpc) is 2.23. The second-order valence-corrected chi connectivity index (χ2v) is 4.50. The van der Waals surface area contributed by atoms with Gasteiger partial charge in [-0.05, 0) is 37.7 Å². The molecule has 1 heterocycles. The number of piperidine rings is 1. The number of hydrogen-bond acceptors (Lipinski definition) is 0. The quantitative estimate of drug-likeness (QED) is 0.632. The van der Waals surface area contributed by atoms with E-state index in [1.165, 1.54) is 43.5 Å². The summed E-state index contributed by atoms with van der Waals surface area (Å²) in [6, 6.07) is 9.02. The predicted molar refractivity (Wildman–Crippen MR) is 59.3 cm³/mol. The number of quaternary nitrogens is 1. The SMILES string of the molecule is Cc1ccc(CC2CC[NH2+]CC2)cc1.[Cl-]. The van der Waals surface area contributed by atoms with E-state index in [4.69, 9.17) is 0 Å². The average molecular weight is 226 g/mol. The largest absolute Gasteiger partial charge is 1.00 e. The van der Waals surface area contributed by atoms with E-state index >= 15 is 0 Å². The van der Waals surface area contributed by atoms with Crippen molar-refractivity contribution in [1.29, 1.82) is 0 Å². The van der Waals surface area contributed by atoms with Crippen molar-refractivity contribution in [3.8, 4) is 0 Å². The van der Waals surface area contributed by atoms with E-state index in [2.05, 4.69) is 36.5 Å². The van der Waals surface area contributed by atoms with Gasteiger partial charge in [0.15, 0.2) is 0 Å². The topological polar surface area (TPSA) is 16.6 Å². The van der Waals surface area contributed by atoms with Gasteiger partial charge in [-0.15, -0.1) is 0 Å². The molecule has 2 rings (SSSR count). The summed E-state index contributed by atoms with van der Waals surface area (Å²) in [7, 11) is 0. The van der Waals surface area contributed by atoms with Gasteiger partial charge in [-0.3, -0.25) is 0 Å². The first kappa shape index (κ1) is 12.5. The lowest BCUT2D eigenvalue weighted by Gasteiger charge is -2.20. The van der Waals surface area contributed by atoms with Gasteiger partial charge in [0, 0.05) is 0 Å². The van der Waals surface area contributed by atoms with Crippen LogP contribution in [0.1, 0.15) is 24.0 Å². The fourth-order valence-corrected chi connectivity index (χ4v) is 2.26. The van der Waals surface area contributed by atoms with Crippen LogP contribution in [0.25, 0.3) is 0 Å². The summed E-state index contributed by atoms with van der Waals surface area (Å²) in [6.45, 7) is 4.81. The van der Waals surface area contributed by atoms with Crippen molar-refractivity contribution < 1.29 is 17.7 Å². The molecule has 0 amide bonds. The molecule has 1 fully saturated rings. The van der Waals surface area contributed by atoms with Crippen molar-refractivity contribution in [2.75, 3.05) is 13.1 Å². The van der Waals surface area contributed by atoms with Crippen molar-refractivity contribution >= 4 is 0 Å². The number of halogens is 1. The Kier molecular flexibility index (Phi) is 5.13. The highest BCUT2D eigenvalue weighted by molar-refractivity contribution is 5.21. The van der Waals surface area contributed by atoms with Gasteiger partial charge in [0.25, 0.3) is 0 Å². The Bertz CT molecular complexity index is 275. The van der Waals surface area contributed by atoms with E-state index in [1.807, 2.05) is 0 Å². The van der Waals surface area contributed by atoms with Crippen LogP contribution in [0.3, 0.4) is 0 Å². The fraction of sp³-hybridized carbons (Fsp3) is 0.538. The highest BCUT2D eigenvalue weighted by atomic mass is 35.5. The molecule has 0 aliphatic carbocycles. The third-order valence-electron chi connectivity index (χ3n) is 3.20. The number of hydrogen-bond donors (Lipinski definition) is 1. The molecular weight excluding hydrogens is 206 g/mol. The predicted octanol–water partition coefficient (Wildman–Crippen LogP) is -1.49.